The van der Waals surface area contributed by atoms with Gasteiger partial charge < -0.3 is 10.2 Å². The van der Waals surface area contributed by atoms with Crippen molar-refractivity contribution in [1.29, 1.82) is 0 Å². The molecule has 0 aliphatic carbocycles. The van der Waals surface area contributed by atoms with Crippen LogP contribution >= 0.6 is 11.6 Å². The van der Waals surface area contributed by atoms with E-state index in [1.54, 1.807) is 24.3 Å². The Labute approximate surface area is 184 Å². The van der Waals surface area contributed by atoms with Gasteiger partial charge in [-0.1, -0.05) is 41.9 Å². The van der Waals surface area contributed by atoms with E-state index in [4.69, 9.17) is 11.6 Å². The van der Waals surface area contributed by atoms with E-state index < -0.39 is 11.7 Å². The Morgan fingerprint density at radius 1 is 1.13 bits per heavy atom. The lowest BCUT2D eigenvalue weighted by Gasteiger charge is -2.31. The number of likely N-dealkylation sites (tertiary alicyclic amines) is 1. The number of para-hydroxylation sites is 1. The molecule has 1 aromatic heterocycles. The van der Waals surface area contributed by atoms with Crippen molar-refractivity contribution < 1.29 is 14.0 Å². The van der Waals surface area contributed by atoms with Crippen LogP contribution in [-0.2, 0) is 11.2 Å². The fourth-order valence-corrected chi connectivity index (χ4v) is 3.97. The molecule has 3 aromatic rings. The number of halogens is 2. The van der Waals surface area contributed by atoms with Crippen molar-refractivity contribution in [1.82, 2.24) is 15.1 Å². The second-order valence-electron chi connectivity index (χ2n) is 7.57. The van der Waals surface area contributed by atoms with Crippen LogP contribution in [0.2, 0.25) is 5.02 Å². The Kier molecular flexibility index (Phi) is 6.32. The normalized spacial score (nSPS) is 14.5. The van der Waals surface area contributed by atoms with Crippen LogP contribution in [-0.4, -0.2) is 40.0 Å². The summed E-state index contributed by atoms with van der Waals surface area (Å²) in [5.41, 5.74) is 1.99. The molecule has 1 saturated heterocycles. The first kappa shape index (κ1) is 21.1. The first-order valence-corrected chi connectivity index (χ1v) is 10.5. The minimum Gasteiger partial charge on any atom is -0.342 e. The lowest BCUT2D eigenvalue weighted by atomic mass is 9.93. The summed E-state index contributed by atoms with van der Waals surface area (Å²) in [5, 5.41) is 10.1. The number of nitrogens with one attached hydrogen (secondary N) is 2. The molecule has 2 aromatic carbocycles. The summed E-state index contributed by atoms with van der Waals surface area (Å²) in [7, 11) is 0. The van der Waals surface area contributed by atoms with Crippen molar-refractivity contribution in [3.8, 4) is 0 Å². The first-order valence-electron chi connectivity index (χ1n) is 10.1. The molecule has 6 nitrogen and oxygen atoms in total. The van der Waals surface area contributed by atoms with Crippen molar-refractivity contribution in [2.45, 2.75) is 25.2 Å². The molecule has 160 valence electrons. The molecule has 8 heteroatoms. The summed E-state index contributed by atoms with van der Waals surface area (Å²) in [6.45, 7) is 1.26. The number of hydrogen-bond donors (Lipinski definition) is 2. The molecule has 0 saturated carbocycles. The van der Waals surface area contributed by atoms with Gasteiger partial charge in [0, 0.05) is 29.7 Å². The maximum Gasteiger partial charge on any atom is 0.276 e. The highest BCUT2D eigenvalue weighted by Crippen LogP contribution is 2.28. The first-order chi connectivity index (χ1) is 15.0. The van der Waals surface area contributed by atoms with Gasteiger partial charge in [0.15, 0.2) is 5.69 Å². The maximum atomic E-state index is 13.7. The van der Waals surface area contributed by atoms with E-state index in [9.17, 15) is 14.0 Å². The molecule has 0 radical (unpaired) electrons. The molecule has 0 bridgehead atoms. The van der Waals surface area contributed by atoms with Gasteiger partial charge in [-0.05, 0) is 42.7 Å². The number of H-pyrrole nitrogens is 1. The standard InChI is InChI=1S/C23H22ClFN4O2/c24-17-6-2-1-5-16(17)13-22(30)29-11-9-15(10-12-29)20-14-21(28-27-20)23(31)26-19-8-4-3-7-18(19)25/h1-8,14-15H,9-13H2,(H,26,31)(H,27,28). The van der Waals surface area contributed by atoms with E-state index in [1.165, 1.54) is 12.1 Å². The molecule has 2 heterocycles. The summed E-state index contributed by atoms with van der Waals surface area (Å²) >= 11 is 6.16. The zero-order valence-corrected chi connectivity index (χ0v) is 17.5. The van der Waals surface area contributed by atoms with Gasteiger partial charge in [-0.3, -0.25) is 14.7 Å². The average molecular weight is 441 g/mol. The molecule has 1 aliphatic rings. The molecular weight excluding hydrogens is 419 g/mol. The largest absolute Gasteiger partial charge is 0.342 e. The Morgan fingerprint density at radius 3 is 2.58 bits per heavy atom. The van der Waals surface area contributed by atoms with Crippen molar-refractivity contribution in [3.63, 3.8) is 0 Å². The van der Waals surface area contributed by atoms with Crippen LogP contribution in [0, 0.1) is 5.82 Å². The molecule has 0 spiro atoms. The molecule has 2 amide bonds. The third kappa shape index (κ3) is 4.94. The smallest absolute Gasteiger partial charge is 0.276 e. The number of anilines is 1. The van der Waals surface area contributed by atoms with Crippen LogP contribution in [0.3, 0.4) is 0 Å². The minimum atomic E-state index is -0.500. The molecule has 2 N–H and O–H groups in total. The van der Waals surface area contributed by atoms with Gasteiger partial charge in [0.05, 0.1) is 12.1 Å². The summed E-state index contributed by atoms with van der Waals surface area (Å²) in [4.78, 5) is 26.9. The van der Waals surface area contributed by atoms with Crippen LogP contribution in [0.5, 0.6) is 0 Å². The van der Waals surface area contributed by atoms with Gasteiger partial charge in [-0.15, -0.1) is 0 Å². The number of hydrogen-bond acceptors (Lipinski definition) is 3. The summed E-state index contributed by atoms with van der Waals surface area (Å²) < 4.78 is 13.7. The molecule has 1 aliphatic heterocycles. The number of benzene rings is 2. The Hall–Kier alpha value is -3.19. The Morgan fingerprint density at radius 2 is 1.84 bits per heavy atom. The average Bonchev–Trinajstić information content (AvgIpc) is 3.27. The monoisotopic (exact) mass is 440 g/mol. The topological polar surface area (TPSA) is 78.1 Å². The molecule has 1 fully saturated rings. The van der Waals surface area contributed by atoms with E-state index in [-0.39, 0.29) is 29.6 Å². The quantitative estimate of drug-likeness (QED) is 0.617. The molecule has 0 atom stereocenters. The number of carbonyl (C=O) groups is 2. The van der Waals surface area contributed by atoms with Crippen molar-refractivity contribution >= 4 is 29.1 Å². The number of rotatable bonds is 5. The SMILES string of the molecule is O=C(Nc1ccccc1F)c1cc(C2CCN(C(=O)Cc3ccccc3Cl)CC2)[nH]n1. The maximum absolute atomic E-state index is 13.7. The van der Waals surface area contributed by atoms with Gasteiger partial charge in [0.25, 0.3) is 5.91 Å². The third-order valence-electron chi connectivity index (χ3n) is 5.54. The van der Waals surface area contributed by atoms with Crippen LogP contribution < -0.4 is 5.32 Å². The second kappa shape index (κ2) is 9.31. The Bertz CT molecular complexity index is 1090. The molecular formula is C23H22ClFN4O2. The minimum absolute atomic E-state index is 0.0566. The van der Waals surface area contributed by atoms with Crippen LogP contribution in [0.25, 0.3) is 0 Å². The van der Waals surface area contributed by atoms with Gasteiger partial charge >= 0.3 is 0 Å². The zero-order chi connectivity index (χ0) is 21.8. The van der Waals surface area contributed by atoms with Crippen molar-refractivity contribution in [2.24, 2.45) is 0 Å². The lowest BCUT2D eigenvalue weighted by Crippen LogP contribution is -2.38. The number of aromatic nitrogens is 2. The second-order valence-corrected chi connectivity index (χ2v) is 7.97. The predicted octanol–water partition coefficient (Wildman–Crippen LogP) is 4.40. The van der Waals surface area contributed by atoms with Crippen molar-refractivity contribution in [2.75, 3.05) is 18.4 Å². The highest BCUT2D eigenvalue weighted by atomic mass is 35.5. The van der Waals surface area contributed by atoms with Crippen LogP contribution in [0.4, 0.5) is 10.1 Å². The summed E-state index contributed by atoms with van der Waals surface area (Å²) in [6, 6.07) is 15.1. The van der Waals surface area contributed by atoms with Crippen molar-refractivity contribution in [3.05, 3.63) is 82.4 Å². The number of nitrogens with zero attached hydrogens (tertiary/aromatic N) is 2. The van der Waals surface area contributed by atoms with E-state index in [0.717, 1.165) is 24.1 Å². The fraction of sp³-hybridized carbons (Fsp3) is 0.261. The number of amides is 2. The molecule has 31 heavy (non-hydrogen) atoms. The summed E-state index contributed by atoms with van der Waals surface area (Å²) in [6.07, 6.45) is 1.82. The van der Waals surface area contributed by atoms with E-state index in [2.05, 4.69) is 15.5 Å². The van der Waals surface area contributed by atoms with Gasteiger partial charge in [-0.2, -0.15) is 5.10 Å². The number of piperidine rings is 1. The summed E-state index contributed by atoms with van der Waals surface area (Å²) in [5.74, 6) is -0.742. The van der Waals surface area contributed by atoms with Gasteiger partial charge in [-0.25, -0.2) is 4.39 Å². The molecule has 0 unspecified atom stereocenters. The van der Waals surface area contributed by atoms with E-state index >= 15 is 0 Å². The number of aromatic amines is 1. The Balaban J connectivity index is 1.33. The zero-order valence-electron chi connectivity index (χ0n) is 16.8. The van der Waals surface area contributed by atoms with Crippen LogP contribution in [0.15, 0.2) is 54.6 Å². The third-order valence-corrected chi connectivity index (χ3v) is 5.91. The lowest BCUT2D eigenvalue weighted by molar-refractivity contribution is -0.131. The van der Waals surface area contributed by atoms with Gasteiger partial charge in [0.1, 0.15) is 5.82 Å². The van der Waals surface area contributed by atoms with Crippen LogP contribution in [0.1, 0.15) is 40.5 Å². The molecule has 4 rings (SSSR count). The van der Waals surface area contributed by atoms with E-state index in [1.807, 2.05) is 23.1 Å². The fourth-order valence-electron chi connectivity index (χ4n) is 3.77. The highest BCUT2D eigenvalue weighted by Gasteiger charge is 2.26. The predicted molar refractivity (Wildman–Crippen MR) is 117 cm³/mol. The van der Waals surface area contributed by atoms with E-state index in [0.29, 0.717) is 18.1 Å². The van der Waals surface area contributed by atoms with Gasteiger partial charge in [0.2, 0.25) is 5.91 Å². The highest BCUT2D eigenvalue weighted by molar-refractivity contribution is 6.31. The number of carbonyl (C=O) groups excluding carboxylic acids is 2.